The van der Waals surface area contributed by atoms with Crippen LogP contribution in [0.1, 0.15) is 24.2 Å². The van der Waals surface area contributed by atoms with E-state index in [-0.39, 0.29) is 11.9 Å². The molecule has 0 atom stereocenters. The smallest absolute Gasteiger partial charge is 0.253 e. The maximum atomic E-state index is 12.3. The van der Waals surface area contributed by atoms with E-state index >= 15 is 0 Å². The Morgan fingerprint density at radius 3 is 2.43 bits per heavy atom. The molecule has 2 aromatic carbocycles. The second-order valence-electron chi connectivity index (χ2n) is 5.07. The molecular weight excluding hydrogens is 330 g/mol. The van der Waals surface area contributed by atoms with Crippen molar-refractivity contribution in [2.24, 2.45) is 0 Å². The molecule has 0 aromatic heterocycles. The Labute approximate surface area is 132 Å². The number of nitrogens with one attached hydrogen (secondary N) is 2. The molecule has 0 aliphatic carbocycles. The summed E-state index contributed by atoms with van der Waals surface area (Å²) in [6.07, 6.45) is 0. The number of anilines is 3. The number of halogens is 1. The zero-order chi connectivity index (χ0) is 15.4. The van der Waals surface area contributed by atoms with Crippen molar-refractivity contribution in [2.45, 2.75) is 19.9 Å². The van der Waals surface area contributed by atoms with Crippen molar-refractivity contribution >= 4 is 38.9 Å². The molecule has 4 nitrogen and oxygen atoms in total. The molecule has 2 rings (SSSR count). The third-order valence-electron chi connectivity index (χ3n) is 2.83. The lowest BCUT2D eigenvalue weighted by atomic mass is 10.1. The highest BCUT2D eigenvalue weighted by Gasteiger charge is 2.13. The Morgan fingerprint density at radius 2 is 1.81 bits per heavy atom. The van der Waals surface area contributed by atoms with Gasteiger partial charge in [-0.2, -0.15) is 0 Å². The van der Waals surface area contributed by atoms with E-state index in [0.29, 0.717) is 11.3 Å². The average molecular weight is 348 g/mol. The summed E-state index contributed by atoms with van der Waals surface area (Å²) in [5.41, 5.74) is 8.52. The Balaban J connectivity index is 2.30. The minimum absolute atomic E-state index is 0.0689. The summed E-state index contributed by atoms with van der Waals surface area (Å²) in [6.45, 7) is 3.85. The van der Waals surface area contributed by atoms with Gasteiger partial charge in [0.15, 0.2) is 0 Å². The summed E-state index contributed by atoms with van der Waals surface area (Å²) >= 11 is 3.40. The zero-order valence-corrected chi connectivity index (χ0v) is 13.6. The van der Waals surface area contributed by atoms with Gasteiger partial charge in [-0.1, -0.05) is 15.9 Å². The highest BCUT2D eigenvalue weighted by atomic mass is 79.9. The first-order valence-electron chi connectivity index (χ1n) is 6.68. The second-order valence-corrected chi connectivity index (χ2v) is 5.98. The first-order chi connectivity index (χ1) is 9.95. The van der Waals surface area contributed by atoms with Crippen molar-refractivity contribution in [1.29, 1.82) is 0 Å². The van der Waals surface area contributed by atoms with E-state index in [1.807, 2.05) is 44.2 Å². The van der Waals surface area contributed by atoms with E-state index in [1.54, 1.807) is 12.1 Å². The van der Waals surface area contributed by atoms with E-state index in [9.17, 15) is 4.79 Å². The molecule has 0 aliphatic heterocycles. The van der Waals surface area contributed by atoms with Crippen molar-refractivity contribution in [1.82, 2.24) is 5.32 Å². The molecule has 0 unspecified atom stereocenters. The van der Waals surface area contributed by atoms with Crippen LogP contribution in [0.25, 0.3) is 0 Å². The van der Waals surface area contributed by atoms with Crippen molar-refractivity contribution in [3.8, 4) is 0 Å². The van der Waals surface area contributed by atoms with Gasteiger partial charge in [-0.05, 0) is 56.3 Å². The van der Waals surface area contributed by atoms with Crippen molar-refractivity contribution in [3.05, 3.63) is 52.5 Å². The molecule has 21 heavy (non-hydrogen) atoms. The number of amides is 1. The van der Waals surface area contributed by atoms with E-state index < -0.39 is 0 Å². The van der Waals surface area contributed by atoms with Gasteiger partial charge in [0.25, 0.3) is 5.91 Å². The summed E-state index contributed by atoms with van der Waals surface area (Å²) in [7, 11) is 0. The predicted molar refractivity (Wildman–Crippen MR) is 90.9 cm³/mol. The molecular formula is C16H18BrN3O. The minimum Gasteiger partial charge on any atom is -0.399 e. The number of benzene rings is 2. The van der Waals surface area contributed by atoms with Crippen LogP contribution in [0.5, 0.6) is 0 Å². The van der Waals surface area contributed by atoms with Gasteiger partial charge in [0, 0.05) is 21.9 Å². The second kappa shape index (κ2) is 6.63. The fraction of sp³-hybridized carbons (Fsp3) is 0.188. The largest absolute Gasteiger partial charge is 0.399 e. The highest BCUT2D eigenvalue weighted by molar-refractivity contribution is 9.10. The third kappa shape index (κ3) is 4.23. The molecule has 0 fully saturated rings. The number of hydrogen-bond acceptors (Lipinski definition) is 3. The lowest BCUT2D eigenvalue weighted by Crippen LogP contribution is -2.30. The number of rotatable bonds is 4. The van der Waals surface area contributed by atoms with Gasteiger partial charge in [0.2, 0.25) is 0 Å². The number of hydrogen-bond donors (Lipinski definition) is 3. The number of carbonyl (C=O) groups is 1. The fourth-order valence-electron chi connectivity index (χ4n) is 1.89. The maximum Gasteiger partial charge on any atom is 0.253 e. The van der Waals surface area contributed by atoms with Crippen LogP contribution in [-0.2, 0) is 0 Å². The molecule has 0 saturated carbocycles. The average Bonchev–Trinajstić information content (AvgIpc) is 2.42. The Kier molecular flexibility index (Phi) is 4.85. The first-order valence-corrected chi connectivity index (χ1v) is 7.48. The summed E-state index contributed by atoms with van der Waals surface area (Å²) in [5, 5.41) is 6.12. The predicted octanol–water partition coefficient (Wildman–Crippen LogP) is 3.91. The SMILES string of the molecule is CC(C)NC(=O)c1cc(N)ccc1Nc1ccc(Br)cc1. The Morgan fingerprint density at radius 1 is 1.14 bits per heavy atom. The van der Waals surface area contributed by atoms with Crippen molar-refractivity contribution < 1.29 is 4.79 Å². The summed E-state index contributed by atoms with van der Waals surface area (Å²) in [4.78, 5) is 12.3. The fourth-order valence-corrected chi connectivity index (χ4v) is 2.15. The van der Waals surface area contributed by atoms with Gasteiger partial charge >= 0.3 is 0 Å². The maximum absolute atomic E-state index is 12.3. The standard InChI is InChI=1S/C16H18BrN3O/c1-10(2)19-16(21)14-9-12(18)5-8-15(14)20-13-6-3-11(17)4-7-13/h3-10,20H,18H2,1-2H3,(H,19,21). The van der Waals surface area contributed by atoms with Crippen LogP contribution in [0.15, 0.2) is 46.9 Å². The highest BCUT2D eigenvalue weighted by Crippen LogP contribution is 2.24. The van der Waals surface area contributed by atoms with E-state index in [1.165, 1.54) is 0 Å². The molecule has 4 N–H and O–H groups in total. The quantitative estimate of drug-likeness (QED) is 0.734. The molecule has 2 aromatic rings. The molecule has 0 saturated heterocycles. The van der Waals surface area contributed by atoms with Gasteiger partial charge in [0.05, 0.1) is 11.3 Å². The normalized spacial score (nSPS) is 10.5. The van der Waals surface area contributed by atoms with E-state index in [0.717, 1.165) is 15.8 Å². The van der Waals surface area contributed by atoms with Gasteiger partial charge in [0.1, 0.15) is 0 Å². The molecule has 0 heterocycles. The van der Waals surface area contributed by atoms with Gasteiger partial charge in [-0.15, -0.1) is 0 Å². The molecule has 0 spiro atoms. The van der Waals surface area contributed by atoms with Crippen LogP contribution >= 0.6 is 15.9 Å². The number of nitrogens with two attached hydrogens (primary N) is 1. The monoisotopic (exact) mass is 347 g/mol. The van der Waals surface area contributed by atoms with Crippen LogP contribution in [0, 0.1) is 0 Å². The lowest BCUT2D eigenvalue weighted by Gasteiger charge is -2.14. The number of nitrogen functional groups attached to an aromatic ring is 1. The van der Waals surface area contributed by atoms with Crippen LogP contribution in [0.4, 0.5) is 17.1 Å². The van der Waals surface area contributed by atoms with Crippen LogP contribution in [0.2, 0.25) is 0 Å². The number of carbonyl (C=O) groups excluding carboxylic acids is 1. The van der Waals surface area contributed by atoms with Crippen LogP contribution < -0.4 is 16.4 Å². The van der Waals surface area contributed by atoms with Gasteiger partial charge in [-0.25, -0.2) is 0 Å². The zero-order valence-electron chi connectivity index (χ0n) is 12.0. The Bertz CT molecular complexity index is 638. The van der Waals surface area contributed by atoms with Gasteiger partial charge in [-0.3, -0.25) is 4.79 Å². The van der Waals surface area contributed by atoms with Crippen molar-refractivity contribution in [2.75, 3.05) is 11.1 Å². The molecule has 1 amide bonds. The Hall–Kier alpha value is -2.01. The van der Waals surface area contributed by atoms with E-state index in [2.05, 4.69) is 26.6 Å². The van der Waals surface area contributed by atoms with Crippen LogP contribution in [-0.4, -0.2) is 11.9 Å². The molecule has 110 valence electrons. The lowest BCUT2D eigenvalue weighted by molar-refractivity contribution is 0.0944. The molecule has 0 bridgehead atoms. The molecule has 0 radical (unpaired) electrons. The van der Waals surface area contributed by atoms with Gasteiger partial charge < -0.3 is 16.4 Å². The first kappa shape index (κ1) is 15.4. The minimum atomic E-state index is -0.142. The third-order valence-corrected chi connectivity index (χ3v) is 3.36. The van der Waals surface area contributed by atoms with E-state index in [4.69, 9.17) is 5.73 Å². The molecule has 5 heteroatoms. The summed E-state index contributed by atoms with van der Waals surface area (Å²) in [5.74, 6) is -0.142. The van der Waals surface area contributed by atoms with Crippen molar-refractivity contribution in [3.63, 3.8) is 0 Å². The molecule has 0 aliphatic rings. The summed E-state index contributed by atoms with van der Waals surface area (Å²) < 4.78 is 1.00. The summed E-state index contributed by atoms with van der Waals surface area (Å²) in [6, 6.07) is 13.1. The topological polar surface area (TPSA) is 67.2 Å². The van der Waals surface area contributed by atoms with Crippen LogP contribution in [0.3, 0.4) is 0 Å².